The van der Waals surface area contributed by atoms with Crippen LogP contribution in [-0.4, -0.2) is 22.5 Å². The fraction of sp³-hybridized carbons (Fsp3) is 0.182. The molecule has 1 rings (SSSR count). The molecule has 0 saturated carbocycles. The molecule has 1 aromatic carbocycles. The van der Waals surface area contributed by atoms with Crippen molar-refractivity contribution in [1.82, 2.24) is 5.32 Å². The number of carboxylic acid groups (broad SMARTS) is 1. The molecule has 0 fully saturated rings. The van der Waals surface area contributed by atoms with Crippen LogP contribution in [0.2, 0.25) is 0 Å². The Bertz CT molecular complexity index is 491. The molecule has 0 amide bonds. The Labute approximate surface area is 97.4 Å². The fourth-order valence-electron chi connectivity index (χ4n) is 1.40. The molecule has 0 spiro atoms. The zero-order valence-corrected chi connectivity index (χ0v) is 8.84. The number of rotatable bonds is 5. The molecular formula is C11H10N2O4. The Balaban J connectivity index is 3.12. The van der Waals surface area contributed by atoms with E-state index in [1.54, 1.807) is 0 Å². The summed E-state index contributed by atoms with van der Waals surface area (Å²) in [4.78, 5) is 21.0. The van der Waals surface area contributed by atoms with E-state index in [0.29, 0.717) is 5.56 Å². The maximum Gasteiger partial charge on any atom is 0.343 e. The molecule has 0 aliphatic rings. The summed E-state index contributed by atoms with van der Waals surface area (Å²) in [5.74, 6) is 1.01. The van der Waals surface area contributed by atoms with Crippen molar-refractivity contribution in [1.29, 1.82) is 0 Å². The predicted molar refractivity (Wildman–Crippen MR) is 60.6 cm³/mol. The molecule has 0 atom stereocenters. The fourth-order valence-corrected chi connectivity index (χ4v) is 1.40. The molecule has 0 radical (unpaired) electrons. The number of nitrogens with one attached hydrogen (secondary N) is 1. The van der Waals surface area contributed by atoms with E-state index < -0.39 is 16.6 Å². The summed E-state index contributed by atoms with van der Waals surface area (Å²) in [5, 5.41) is 22.5. The lowest BCUT2D eigenvalue weighted by Gasteiger charge is -2.06. The maximum atomic E-state index is 11.0. The lowest BCUT2D eigenvalue weighted by atomic mass is 10.1. The van der Waals surface area contributed by atoms with Crippen molar-refractivity contribution in [2.45, 2.75) is 6.54 Å². The molecule has 0 heterocycles. The van der Waals surface area contributed by atoms with Crippen molar-refractivity contribution in [2.24, 2.45) is 0 Å². The van der Waals surface area contributed by atoms with Crippen molar-refractivity contribution in [3.05, 3.63) is 39.4 Å². The number of hydrogen-bond acceptors (Lipinski definition) is 4. The molecule has 0 bridgehead atoms. The Morgan fingerprint density at radius 3 is 2.82 bits per heavy atom. The lowest BCUT2D eigenvalue weighted by molar-refractivity contribution is -0.385. The predicted octanol–water partition coefficient (Wildman–Crippen LogP) is 1.02. The van der Waals surface area contributed by atoms with E-state index in [2.05, 4.69) is 11.2 Å². The van der Waals surface area contributed by atoms with Crippen LogP contribution in [0.1, 0.15) is 15.9 Å². The molecule has 1 aromatic rings. The molecule has 2 N–H and O–H groups in total. The van der Waals surface area contributed by atoms with Crippen LogP contribution < -0.4 is 5.32 Å². The third-order valence-corrected chi connectivity index (χ3v) is 2.08. The van der Waals surface area contributed by atoms with Crippen molar-refractivity contribution in [3.63, 3.8) is 0 Å². The van der Waals surface area contributed by atoms with Gasteiger partial charge >= 0.3 is 5.97 Å². The number of nitro groups is 1. The van der Waals surface area contributed by atoms with E-state index in [4.69, 9.17) is 11.5 Å². The standard InChI is InChI=1S/C11H10N2O4/c1-2-6-12-7-8-4-3-5-9(13(16)17)10(8)11(14)15/h1,3-5,12H,6-7H2,(H,14,15). The largest absolute Gasteiger partial charge is 0.477 e. The molecule has 0 unspecified atom stereocenters. The lowest BCUT2D eigenvalue weighted by Crippen LogP contribution is -2.16. The number of carbonyl (C=O) groups is 1. The smallest absolute Gasteiger partial charge is 0.343 e. The van der Waals surface area contributed by atoms with Gasteiger partial charge in [-0.05, 0) is 5.56 Å². The Hall–Kier alpha value is -2.39. The van der Waals surface area contributed by atoms with E-state index in [1.165, 1.54) is 12.1 Å². The molecule has 0 saturated heterocycles. The molecule has 88 valence electrons. The average molecular weight is 234 g/mol. The van der Waals surface area contributed by atoms with Gasteiger partial charge in [-0.1, -0.05) is 18.1 Å². The topological polar surface area (TPSA) is 92.5 Å². The van der Waals surface area contributed by atoms with Gasteiger partial charge < -0.3 is 10.4 Å². The normalized spacial score (nSPS) is 9.59. The third-order valence-electron chi connectivity index (χ3n) is 2.08. The minimum atomic E-state index is -1.32. The zero-order chi connectivity index (χ0) is 12.8. The molecule has 17 heavy (non-hydrogen) atoms. The molecule has 0 aromatic heterocycles. The van der Waals surface area contributed by atoms with Crippen LogP contribution in [0.4, 0.5) is 5.69 Å². The summed E-state index contributed by atoms with van der Waals surface area (Å²) < 4.78 is 0. The van der Waals surface area contributed by atoms with Gasteiger partial charge in [0.15, 0.2) is 0 Å². The van der Waals surface area contributed by atoms with Crippen LogP contribution in [0.15, 0.2) is 18.2 Å². The number of hydrogen-bond donors (Lipinski definition) is 2. The highest BCUT2D eigenvalue weighted by atomic mass is 16.6. The minimum absolute atomic E-state index is 0.174. The van der Waals surface area contributed by atoms with Gasteiger partial charge in [0, 0.05) is 12.6 Å². The van der Waals surface area contributed by atoms with Gasteiger partial charge in [-0.2, -0.15) is 0 Å². The monoisotopic (exact) mass is 234 g/mol. The quantitative estimate of drug-likeness (QED) is 0.343. The highest BCUT2D eigenvalue weighted by molar-refractivity contribution is 5.94. The van der Waals surface area contributed by atoms with Crippen LogP contribution in [0.3, 0.4) is 0 Å². The van der Waals surface area contributed by atoms with Crippen LogP contribution >= 0.6 is 0 Å². The van der Waals surface area contributed by atoms with Gasteiger partial charge in [0.1, 0.15) is 5.56 Å². The summed E-state index contributed by atoms with van der Waals surface area (Å²) in [6.45, 7) is 0.440. The van der Waals surface area contributed by atoms with Gasteiger partial charge in [0.2, 0.25) is 0 Å². The van der Waals surface area contributed by atoms with Crippen LogP contribution in [-0.2, 0) is 6.54 Å². The first kappa shape index (κ1) is 12.7. The number of nitro benzene ring substituents is 1. The number of terminal acetylenes is 1. The van der Waals surface area contributed by atoms with E-state index in [9.17, 15) is 14.9 Å². The van der Waals surface area contributed by atoms with Crippen molar-refractivity contribution >= 4 is 11.7 Å². The van der Waals surface area contributed by atoms with Gasteiger partial charge in [0.25, 0.3) is 5.69 Å². The Morgan fingerprint density at radius 2 is 2.29 bits per heavy atom. The average Bonchev–Trinajstić information content (AvgIpc) is 2.28. The SMILES string of the molecule is C#CCNCc1cccc([N+](=O)[O-])c1C(=O)O. The van der Waals surface area contributed by atoms with E-state index >= 15 is 0 Å². The summed E-state index contributed by atoms with van der Waals surface area (Å²) in [6.07, 6.45) is 5.03. The summed E-state index contributed by atoms with van der Waals surface area (Å²) in [7, 11) is 0. The van der Waals surface area contributed by atoms with Gasteiger partial charge in [0.05, 0.1) is 11.5 Å². The molecule has 6 nitrogen and oxygen atoms in total. The minimum Gasteiger partial charge on any atom is -0.477 e. The van der Waals surface area contributed by atoms with E-state index in [-0.39, 0.29) is 18.7 Å². The Kier molecular flexibility index (Phi) is 4.20. The number of benzene rings is 1. The van der Waals surface area contributed by atoms with Crippen LogP contribution in [0.25, 0.3) is 0 Å². The molecule has 0 aliphatic carbocycles. The molecule has 6 heteroatoms. The number of nitrogens with zero attached hydrogens (tertiary/aromatic N) is 1. The first-order valence-electron chi connectivity index (χ1n) is 4.71. The summed E-state index contributed by atoms with van der Waals surface area (Å²) in [5.41, 5.74) is -0.388. The van der Waals surface area contributed by atoms with Crippen LogP contribution in [0.5, 0.6) is 0 Å². The van der Waals surface area contributed by atoms with Crippen molar-refractivity contribution in [2.75, 3.05) is 6.54 Å². The first-order chi connectivity index (χ1) is 8.07. The first-order valence-corrected chi connectivity index (χ1v) is 4.71. The Morgan fingerprint density at radius 1 is 1.59 bits per heavy atom. The van der Waals surface area contributed by atoms with E-state index in [0.717, 1.165) is 6.07 Å². The maximum absolute atomic E-state index is 11.0. The van der Waals surface area contributed by atoms with Gasteiger partial charge in [-0.3, -0.25) is 10.1 Å². The molecular weight excluding hydrogens is 224 g/mol. The van der Waals surface area contributed by atoms with Crippen molar-refractivity contribution < 1.29 is 14.8 Å². The molecule has 0 aliphatic heterocycles. The summed E-state index contributed by atoms with van der Waals surface area (Å²) in [6, 6.07) is 4.12. The second-order valence-electron chi connectivity index (χ2n) is 3.18. The van der Waals surface area contributed by atoms with Crippen molar-refractivity contribution in [3.8, 4) is 12.3 Å². The van der Waals surface area contributed by atoms with Gasteiger partial charge in [-0.15, -0.1) is 6.42 Å². The van der Waals surface area contributed by atoms with Gasteiger partial charge in [-0.25, -0.2) is 4.79 Å². The second kappa shape index (κ2) is 5.63. The third kappa shape index (κ3) is 3.03. The second-order valence-corrected chi connectivity index (χ2v) is 3.18. The number of carboxylic acids is 1. The van der Waals surface area contributed by atoms with Crippen LogP contribution in [0, 0.1) is 22.5 Å². The summed E-state index contributed by atoms with van der Waals surface area (Å²) >= 11 is 0. The highest BCUT2D eigenvalue weighted by Gasteiger charge is 2.22. The number of aromatic carboxylic acids is 1. The van der Waals surface area contributed by atoms with E-state index in [1.807, 2.05) is 0 Å². The zero-order valence-electron chi connectivity index (χ0n) is 8.84. The highest BCUT2D eigenvalue weighted by Crippen LogP contribution is 2.22.